The molecule has 1 aromatic rings. The molecule has 1 aliphatic rings. The van der Waals surface area contributed by atoms with Crippen molar-refractivity contribution < 1.29 is 18.7 Å². The number of nitro groups is 1. The van der Waals surface area contributed by atoms with Crippen LogP contribution in [-0.4, -0.2) is 52.0 Å². The number of ether oxygens (including phenoxy) is 1. The van der Waals surface area contributed by atoms with Gasteiger partial charge in [0.1, 0.15) is 5.75 Å². The van der Waals surface area contributed by atoms with E-state index < -0.39 is 15.7 Å². The van der Waals surface area contributed by atoms with Crippen LogP contribution >= 0.6 is 0 Å². The number of morpholine rings is 1. The maximum absolute atomic E-state index is 12.1. The van der Waals surface area contributed by atoms with Gasteiger partial charge in [0, 0.05) is 30.1 Å². The number of amides is 1. The molecule has 0 radical (unpaired) electrons. The number of non-ortho nitro benzene ring substituents is 1. The van der Waals surface area contributed by atoms with Crippen LogP contribution in [0.25, 0.3) is 0 Å². The van der Waals surface area contributed by atoms with Crippen LogP contribution in [0.1, 0.15) is 0 Å². The van der Waals surface area contributed by atoms with Gasteiger partial charge >= 0.3 is 0 Å². The molecule has 0 N–H and O–H groups in total. The predicted octanol–water partition coefficient (Wildman–Crippen LogP) is 0.561. The van der Waals surface area contributed by atoms with Gasteiger partial charge in [-0.1, -0.05) is 6.07 Å². The van der Waals surface area contributed by atoms with E-state index in [-0.39, 0.29) is 17.3 Å². The summed E-state index contributed by atoms with van der Waals surface area (Å²) in [5, 5.41) is 10.7. The van der Waals surface area contributed by atoms with Crippen LogP contribution in [0.4, 0.5) is 5.69 Å². The van der Waals surface area contributed by atoms with Gasteiger partial charge in [-0.2, -0.15) is 0 Å². The van der Waals surface area contributed by atoms with Crippen LogP contribution in [0.5, 0.6) is 0 Å². The van der Waals surface area contributed by atoms with Crippen molar-refractivity contribution in [1.82, 2.24) is 4.90 Å². The van der Waals surface area contributed by atoms with Gasteiger partial charge in [0.25, 0.3) is 5.69 Å². The largest absolute Gasteiger partial charge is 0.378 e. The highest BCUT2D eigenvalue weighted by Crippen LogP contribution is 2.16. The van der Waals surface area contributed by atoms with Gasteiger partial charge in [0.2, 0.25) is 5.91 Å². The van der Waals surface area contributed by atoms with Crippen molar-refractivity contribution in [2.24, 2.45) is 0 Å². The third-order valence-electron chi connectivity index (χ3n) is 2.91. The zero-order valence-electron chi connectivity index (χ0n) is 10.7. The molecule has 1 fully saturated rings. The highest BCUT2D eigenvalue weighted by molar-refractivity contribution is 7.85. The molecule has 108 valence electrons. The second-order valence-corrected chi connectivity index (χ2v) is 5.69. The molecule has 0 aromatic heterocycles. The molecule has 1 amide bonds. The highest BCUT2D eigenvalue weighted by Gasteiger charge is 2.20. The van der Waals surface area contributed by atoms with Crippen LogP contribution < -0.4 is 0 Å². The summed E-state index contributed by atoms with van der Waals surface area (Å²) >= 11 is 0. The van der Waals surface area contributed by atoms with E-state index in [0.717, 1.165) is 0 Å². The van der Waals surface area contributed by atoms with Crippen molar-refractivity contribution in [3.05, 3.63) is 34.4 Å². The molecular formula is C12H14N2O5S. The van der Waals surface area contributed by atoms with Crippen molar-refractivity contribution in [2.45, 2.75) is 4.90 Å². The Kier molecular flexibility index (Phi) is 4.80. The van der Waals surface area contributed by atoms with E-state index in [1.165, 1.54) is 24.3 Å². The number of rotatable bonds is 4. The zero-order valence-corrected chi connectivity index (χ0v) is 11.5. The highest BCUT2D eigenvalue weighted by atomic mass is 32.2. The fraction of sp³-hybridized carbons (Fsp3) is 0.417. The van der Waals surface area contributed by atoms with Gasteiger partial charge in [-0.15, -0.1) is 0 Å². The second kappa shape index (κ2) is 6.58. The molecule has 0 spiro atoms. The monoisotopic (exact) mass is 298 g/mol. The predicted molar refractivity (Wildman–Crippen MR) is 71.8 cm³/mol. The SMILES string of the molecule is O=C(CS(=O)c1cccc([N+](=O)[O-])c1)N1CCOCC1. The topological polar surface area (TPSA) is 89.8 Å². The second-order valence-electron chi connectivity index (χ2n) is 4.24. The van der Waals surface area contributed by atoms with Gasteiger partial charge in [0.15, 0.2) is 0 Å². The van der Waals surface area contributed by atoms with E-state index in [1.807, 2.05) is 0 Å². The van der Waals surface area contributed by atoms with Crippen molar-refractivity contribution >= 4 is 22.4 Å². The first-order valence-electron chi connectivity index (χ1n) is 6.06. The number of hydrogen-bond acceptors (Lipinski definition) is 5. The molecule has 0 aliphatic carbocycles. The van der Waals surface area contributed by atoms with Crippen LogP contribution in [0.3, 0.4) is 0 Å². The molecule has 2 rings (SSSR count). The standard InChI is InChI=1S/C12H14N2O5S/c15-12(13-4-6-19-7-5-13)9-20(18)11-3-1-2-10(8-11)14(16)17/h1-3,8H,4-7,9H2. The Morgan fingerprint density at radius 3 is 2.75 bits per heavy atom. The van der Waals surface area contributed by atoms with Crippen molar-refractivity contribution in [3.63, 3.8) is 0 Å². The number of nitrogens with zero attached hydrogens (tertiary/aromatic N) is 2. The first-order chi connectivity index (χ1) is 9.58. The average Bonchev–Trinajstić information content (AvgIpc) is 2.48. The molecule has 7 nitrogen and oxygen atoms in total. The summed E-state index contributed by atoms with van der Waals surface area (Å²) in [6.07, 6.45) is 0. The Morgan fingerprint density at radius 1 is 1.40 bits per heavy atom. The minimum atomic E-state index is -1.58. The molecule has 20 heavy (non-hydrogen) atoms. The van der Waals surface area contributed by atoms with E-state index in [0.29, 0.717) is 31.2 Å². The van der Waals surface area contributed by atoms with Crippen LogP contribution in [-0.2, 0) is 20.3 Å². The van der Waals surface area contributed by atoms with Gasteiger partial charge in [0.05, 0.1) is 28.9 Å². The Labute approximate surface area is 118 Å². The maximum Gasteiger partial charge on any atom is 0.270 e. The van der Waals surface area contributed by atoms with E-state index >= 15 is 0 Å². The molecule has 1 atom stereocenters. The molecular weight excluding hydrogens is 284 g/mol. The van der Waals surface area contributed by atoms with Gasteiger partial charge in [-0.05, 0) is 6.07 Å². The lowest BCUT2D eigenvalue weighted by molar-refractivity contribution is -0.385. The fourth-order valence-electron chi connectivity index (χ4n) is 1.84. The minimum absolute atomic E-state index is 0.130. The van der Waals surface area contributed by atoms with Crippen molar-refractivity contribution in [2.75, 3.05) is 32.1 Å². The first kappa shape index (κ1) is 14.6. The molecule has 0 saturated carbocycles. The summed E-state index contributed by atoms with van der Waals surface area (Å²) in [7, 11) is -1.58. The van der Waals surface area contributed by atoms with E-state index in [1.54, 1.807) is 4.90 Å². The van der Waals surface area contributed by atoms with E-state index in [9.17, 15) is 19.1 Å². The molecule has 1 unspecified atom stereocenters. The Morgan fingerprint density at radius 2 is 2.10 bits per heavy atom. The summed E-state index contributed by atoms with van der Waals surface area (Å²) in [6, 6.07) is 5.55. The Hall–Kier alpha value is -1.80. The van der Waals surface area contributed by atoms with Gasteiger partial charge < -0.3 is 9.64 Å². The molecule has 1 aromatic carbocycles. The number of carbonyl (C=O) groups excluding carboxylic acids is 1. The Balaban J connectivity index is 2.02. The summed E-state index contributed by atoms with van der Waals surface area (Å²) in [5.74, 6) is -0.389. The smallest absolute Gasteiger partial charge is 0.270 e. The van der Waals surface area contributed by atoms with Crippen LogP contribution in [0.2, 0.25) is 0 Å². The van der Waals surface area contributed by atoms with Crippen LogP contribution in [0, 0.1) is 10.1 Å². The molecule has 1 heterocycles. The lowest BCUT2D eigenvalue weighted by atomic mass is 10.3. The lowest BCUT2D eigenvalue weighted by Crippen LogP contribution is -2.42. The van der Waals surface area contributed by atoms with Gasteiger partial charge in [-0.25, -0.2) is 0 Å². The third kappa shape index (κ3) is 3.61. The summed E-state index contributed by atoms with van der Waals surface area (Å²) in [5.41, 5.74) is -0.130. The fourth-order valence-corrected chi connectivity index (χ4v) is 2.89. The zero-order chi connectivity index (χ0) is 14.5. The molecule has 0 bridgehead atoms. The van der Waals surface area contributed by atoms with Crippen LogP contribution in [0.15, 0.2) is 29.2 Å². The average molecular weight is 298 g/mol. The van der Waals surface area contributed by atoms with Gasteiger partial charge in [-0.3, -0.25) is 19.1 Å². The number of benzene rings is 1. The maximum atomic E-state index is 12.1. The number of nitro benzene ring substituents is 1. The quantitative estimate of drug-likeness (QED) is 0.598. The summed E-state index contributed by atoms with van der Waals surface area (Å²) in [4.78, 5) is 23.9. The van der Waals surface area contributed by atoms with E-state index in [2.05, 4.69) is 0 Å². The summed E-state index contributed by atoms with van der Waals surface area (Å²) < 4.78 is 17.2. The molecule has 1 saturated heterocycles. The van der Waals surface area contributed by atoms with Crippen molar-refractivity contribution in [3.8, 4) is 0 Å². The summed E-state index contributed by atoms with van der Waals surface area (Å²) in [6.45, 7) is 1.94. The number of hydrogen-bond donors (Lipinski definition) is 0. The van der Waals surface area contributed by atoms with E-state index in [4.69, 9.17) is 4.74 Å². The third-order valence-corrected chi connectivity index (χ3v) is 4.20. The molecule has 1 aliphatic heterocycles. The normalized spacial score (nSPS) is 16.7. The Bertz CT molecular complexity index is 542. The van der Waals surface area contributed by atoms with Crippen molar-refractivity contribution in [1.29, 1.82) is 0 Å². The minimum Gasteiger partial charge on any atom is -0.378 e. The lowest BCUT2D eigenvalue weighted by Gasteiger charge is -2.26. The number of carbonyl (C=O) groups is 1. The first-order valence-corrected chi connectivity index (χ1v) is 7.38. The molecule has 8 heteroatoms.